The van der Waals surface area contributed by atoms with Gasteiger partial charge in [-0.1, -0.05) is 6.92 Å². The van der Waals surface area contributed by atoms with Gasteiger partial charge in [-0.25, -0.2) is 0 Å². The second kappa shape index (κ2) is 6.82. The topological polar surface area (TPSA) is 222 Å². The van der Waals surface area contributed by atoms with Gasteiger partial charge in [-0.3, -0.25) is 14.4 Å². The molecule has 3 aliphatic carbocycles. The van der Waals surface area contributed by atoms with Crippen LogP contribution in [0.25, 0.3) is 5.76 Å². The third kappa shape index (κ3) is 2.45. The van der Waals surface area contributed by atoms with Gasteiger partial charge in [0.2, 0.25) is 5.78 Å². The van der Waals surface area contributed by atoms with Crippen LogP contribution in [0.2, 0.25) is 0 Å². The summed E-state index contributed by atoms with van der Waals surface area (Å²) in [5.41, 5.74) is 0.558. The van der Waals surface area contributed by atoms with E-state index in [1.165, 1.54) is 13.0 Å². The van der Waals surface area contributed by atoms with Crippen LogP contribution in [0.1, 0.15) is 30.4 Å². The predicted molar refractivity (Wildman–Crippen MR) is 105 cm³/mol. The lowest BCUT2D eigenvalue weighted by molar-refractivity contribution is -0.160. The lowest BCUT2D eigenvalue weighted by Gasteiger charge is -2.50. The highest BCUT2D eigenvalue weighted by Crippen LogP contribution is 2.56. The van der Waals surface area contributed by atoms with Crippen molar-refractivity contribution >= 4 is 28.9 Å². The van der Waals surface area contributed by atoms with E-state index in [1.807, 2.05) is 0 Å². The number of Topliss-reactive ketones (excluding diaryl/α,β-unsaturated/α-hetero) is 2. The molecule has 1 aromatic carbocycles. The molecule has 3 aliphatic rings. The maximum atomic E-state index is 13.4. The first kappa shape index (κ1) is 21.4. The van der Waals surface area contributed by atoms with Crippen LogP contribution < -0.4 is 10.7 Å². The van der Waals surface area contributed by atoms with Gasteiger partial charge in [-0.05, 0) is 18.1 Å². The number of benzene rings is 1. The number of aliphatic hydroxyl groups is 4. The van der Waals surface area contributed by atoms with Crippen LogP contribution in [0.15, 0.2) is 34.2 Å². The van der Waals surface area contributed by atoms with Crippen LogP contribution in [0.4, 0.5) is 5.69 Å². The zero-order valence-corrected chi connectivity index (χ0v) is 16.5. The molecule has 0 bridgehead atoms. The number of fused-ring (bicyclic) bond motifs is 3. The fourth-order valence-electron chi connectivity index (χ4n) is 5.19. The number of aromatic hydroxyl groups is 1. The zero-order chi connectivity index (χ0) is 23.7. The van der Waals surface area contributed by atoms with Gasteiger partial charge in [-0.15, -0.1) is 0 Å². The van der Waals surface area contributed by atoms with Crippen LogP contribution in [0.3, 0.4) is 0 Å². The number of nitrogens with two attached hydrogens (primary N) is 1. The number of primary amides is 1. The Balaban J connectivity index is 2.05. The molecule has 0 aliphatic heterocycles. The van der Waals surface area contributed by atoms with Crippen LogP contribution in [0.5, 0.6) is 5.75 Å². The molecule has 7 N–H and O–H groups in total. The SMILES string of the molecule is C[C@H]1c2c(N=[N+]=O)ccc(O)c2C(O)=C2C(=O)[C@]3(O)C(O)=C(C(N)=O)C(=O)C[C@@H]3[C@@H](O)[C@@H]21. The van der Waals surface area contributed by atoms with Crippen LogP contribution >= 0.6 is 0 Å². The quantitative estimate of drug-likeness (QED) is 0.203. The Morgan fingerprint density at radius 2 is 1.91 bits per heavy atom. The van der Waals surface area contributed by atoms with E-state index >= 15 is 0 Å². The minimum Gasteiger partial charge on any atom is -0.508 e. The maximum absolute atomic E-state index is 13.4. The normalized spacial score (nSPS) is 31.5. The number of rotatable bonds is 2. The fraction of sp³-hybridized carbons (Fsp3) is 0.350. The van der Waals surface area contributed by atoms with E-state index in [0.717, 1.165) is 6.07 Å². The first-order valence-electron chi connectivity index (χ1n) is 9.53. The molecular weight excluding hydrogens is 426 g/mol. The fourth-order valence-corrected chi connectivity index (χ4v) is 5.19. The number of carbonyl (C=O) groups is 3. The van der Waals surface area contributed by atoms with Gasteiger partial charge in [0.15, 0.2) is 27.1 Å². The Morgan fingerprint density at radius 3 is 2.50 bits per heavy atom. The van der Waals surface area contributed by atoms with Gasteiger partial charge in [0.05, 0.1) is 11.7 Å². The van der Waals surface area contributed by atoms with Crippen molar-refractivity contribution in [3.63, 3.8) is 0 Å². The van der Waals surface area contributed by atoms with Crippen molar-refractivity contribution in [2.45, 2.75) is 31.0 Å². The van der Waals surface area contributed by atoms with Crippen molar-refractivity contribution in [2.24, 2.45) is 22.7 Å². The molecule has 1 fully saturated rings. The lowest BCUT2D eigenvalue weighted by Crippen LogP contribution is -2.63. The highest BCUT2D eigenvalue weighted by atomic mass is 16.4. The molecule has 166 valence electrons. The number of ketones is 2. The third-order valence-electron chi connectivity index (χ3n) is 6.60. The standard InChI is InChI=1S/C20H17N3O9/c1-5-10-7(22-23-32)2-3-8(24)12(10)16(27)14-11(5)15(26)6-4-9(25)13(19(21)30)17(28)20(6,31)18(14)29/h2-3,5-6,11,15,26,31H,4H2,1H3,(H4,21,25,27,28,29,30)/p+1/t5-,6+,11+,15+,20+/m0/s1. The molecule has 5 atom stereocenters. The summed E-state index contributed by atoms with van der Waals surface area (Å²) in [6.07, 6.45) is -2.35. The first-order chi connectivity index (χ1) is 15.0. The van der Waals surface area contributed by atoms with Crippen molar-refractivity contribution in [3.05, 3.63) is 45.1 Å². The first-order valence-corrected chi connectivity index (χ1v) is 9.53. The third-order valence-corrected chi connectivity index (χ3v) is 6.60. The molecule has 0 radical (unpaired) electrons. The van der Waals surface area contributed by atoms with Crippen LogP contribution in [0, 0.1) is 16.7 Å². The maximum Gasteiger partial charge on any atom is 0.393 e. The number of amides is 1. The summed E-state index contributed by atoms with van der Waals surface area (Å²) >= 11 is 0. The molecule has 1 saturated carbocycles. The predicted octanol–water partition coefficient (Wildman–Crippen LogP) is -0.127. The molecule has 12 heteroatoms. The van der Waals surface area contributed by atoms with Crippen molar-refractivity contribution < 1.29 is 39.9 Å². The van der Waals surface area contributed by atoms with Crippen LogP contribution in [-0.2, 0) is 14.4 Å². The summed E-state index contributed by atoms with van der Waals surface area (Å²) in [6, 6.07) is 2.37. The van der Waals surface area contributed by atoms with E-state index in [0.29, 0.717) is 0 Å². The van der Waals surface area contributed by atoms with Crippen molar-refractivity contribution in [1.82, 2.24) is 4.97 Å². The monoisotopic (exact) mass is 444 g/mol. The largest absolute Gasteiger partial charge is 0.508 e. The Hall–Kier alpha value is -3.86. The summed E-state index contributed by atoms with van der Waals surface area (Å²) in [5, 5.41) is 57.5. The highest BCUT2D eigenvalue weighted by molar-refractivity contribution is 6.23. The molecular formula is C20H18N3O9+. The average Bonchev–Trinajstić information content (AvgIpc) is 2.72. The number of aliphatic hydroxyl groups excluding tert-OH is 3. The minimum absolute atomic E-state index is 0.0233. The average molecular weight is 444 g/mol. The van der Waals surface area contributed by atoms with Crippen molar-refractivity contribution in [1.29, 1.82) is 0 Å². The van der Waals surface area contributed by atoms with Crippen molar-refractivity contribution in [3.8, 4) is 5.75 Å². The zero-order valence-electron chi connectivity index (χ0n) is 16.5. The summed E-state index contributed by atoms with van der Waals surface area (Å²) in [4.78, 5) is 50.6. The van der Waals surface area contributed by atoms with Gasteiger partial charge in [0.1, 0.15) is 22.8 Å². The number of nitrogens with zero attached hydrogens (tertiary/aromatic N) is 2. The Morgan fingerprint density at radius 1 is 1.25 bits per heavy atom. The van der Waals surface area contributed by atoms with Gasteiger partial charge in [0, 0.05) is 29.4 Å². The molecule has 0 heterocycles. The lowest BCUT2D eigenvalue weighted by atomic mass is 9.55. The van der Waals surface area contributed by atoms with Crippen LogP contribution in [-0.4, -0.2) is 54.7 Å². The number of nitroso groups, excluding NO2 is 1. The number of phenolic OH excluding ortho intramolecular Hbond substituents is 1. The Bertz CT molecular complexity index is 1230. The van der Waals surface area contributed by atoms with E-state index in [9.17, 15) is 44.8 Å². The van der Waals surface area contributed by atoms with Gasteiger partial charge >= 0.3 is 4.97 Å². The number of hydrogen-bond donors (Lipinski definition) is 6. The smallest absolute Gasteiger partial charge is 0.393 e. The van der Waals surface area contributed by atoms with E-state index in [2.05, 4.69) is 10.1 Å². The molecule has 4 rings (SSSR count). The molecule has 1 amide bonds. The molecule has 1 aromatic rings. The number of hydrogen-bond acceptors (Lipinski definition) is 10. The molecule has 32 heavy (non-hydrogen) atoms. The summed E-state index contributed by atoms with van der Waals surface area (Å²) in [7, 11) is 0. The summed E-state index contributed by atoms with van der Waals surface area (Å²) in [6.45, 7) is 1.52. The Labute approximate surface area is 179 Å². The minimum atomic E-state index is -2.91. The summed E-state index contributed by atoms with van der Waals surface area (Å²) in [5.74, 6) is -9.80. The van der Waals surface area contributed by atoms with E-state index in [-0.39, 0.29) is 16.8 Å². The molecule has 12 nitrogen and oxygen atoms in total. The summed E-state index contributed by atoms with van der Waals surface area (Å²) < 4.78 is 0. The number of carbonyl (C=O) groups excluding carboxylic acids is 3. The molecule has 0 unspecified atom stereocenters. The highest BCUT2D eigenvalue weighted by Gasteiger charge is 2.65. The van der Waals surface area contributed by atoms with E-state index in [1.54, 1.807) is 0 Å². The van der Waals surface area contributed by atoms with Gasteiger partial charge < -0.3 is 31.3 Å². The van der Waals surface area contributed by atoms with E-state index in [4.69, 9.17) is 5.73 Å². The molecule has 0 saturated heterocycles. The van der Waals surface area contributed by atoms with Gasteiger partial charge in [-0.2, -0.15) is 0 Å². The second-order valence-corrected chi connectivity index (χ2v) is 8.06. The molecule has 0 aromatic heterocycles. The van der Waals surface area contributed by atoms with E-state index < -0.39 is 81.8 Å². The molecule has 0 spiro atoms. The van der Waals surface area contributed by atoms with Gasteiger partial charge in [0.25, 0.3) is 5.91 Å². The number of phenols is 1. The Kier molecular flexibility index (Phi) is 4.56. The second-order valence-electron chi connectivity index (χ2n) is 8.06. The van der Waals surface area contributed by atoms with Crippen molar-refractivity contribution in [2.75, 3.05) is 0 Å².